The molecule has 0 spiro atoms. The minimum absolute atomic E-state index is 0.0680. The number of carbonyl (C=O) groups excluding carboxylic acids is 2. The first kappa shape index (κ1) is 39.7. The van der Waals surface area contributed by atoms with E-state index in [9.17, 15) is 19.5 Å². The van der Waals surface area contributed by atoms with Crippen LogP contribution in [0.5, 0.6) is 5.75 Å². The fourth-order valence-electron chi connectivity index (χ4n) is 7.18. The van der Waals surface area contributed by atoms with E-state index in [1.807, 2.05) is 70.4 Å². The Morgan fingerprint density at radius 2 is 1.92 bits per heavy atom. The maximum atomic E-state index is 14.1. The summed E-state index contributed by atoms with van der Waals surface area (Å²) in [5.74, 6) is 0.474. The number of benzene rings is 1. The largest absolute Gasteiger partial charge is 0.504 e. The number of nitrogens with one attached hydrogen (secondary N) is 2. The zero-order valence-electron chi connectivity index (χ0n) is 32.0. The number of aromatic hydroxyl groups is 1. The summed E-state index contributed by atoms with van der Waals surface area (Å²) in [6.45, 7) is 14.9. The lowest BCUT2D eigenvalue weighted by atomic mass is 9.95. The van der Waals surface area contributed by atoms with Crippen LogP contribution in [0.3, 0.4) is 0 Å². The van der Waals surface area contributed by atoms with Crippen molar-refractivity contribution in [2.45, 2.75) is 118 Å². The Labute approximate surface area is 315 Å². The molecular weight excluding hydrogens is 696 g/mol. The average molecular weight is 749 g/mol. The number of aromatic nitrogens is 6. The van der Waals surface area contributed by atoms with Crippen LogP contribution >= 0.6 is 11.6 Å². The highest BCUT2D eigenvalue weighted by molar-refractivity contribution is 6.33. The van der Waals surface area contributed by atoms with Gasteiger partial charge in [0.1, 0.15) is 12.2 Å². The van der Waals surface area contributed by atoms with Gasteiger partial charge in [-0.2, -0.15) is 14.6 Å². The second-order valence-corrected chi connectivity index (χ2v) is 13.7. The van der Waals surface area contributed by atoms with Crippen molar-refractivity contribution in [3.8, 4) is 5.75 Å². The number of carbonyl (C=O) groups is 2. The number of anilines is 1. The van der Waals surface area contributed by atoms with Crippen LogP contribution in [0.2, 0.25) is 5.02 Å². The molecule has 2 atom stereocenters. The summed E-state index contributed by atoms with van der Waals surface area (Å²) in [6, 6.07) is 5.62. The highest BCUT2D eigenvalue weighted by Crippen LogP contribution is 2.42. The Hall–Kier alpha value is -4.49. The van der Waals surface area contributed by atoms with Crippen molar-refractivity contribution < 1.29 is 19.4 Å². The zero-order valence-corrected chi connectivity index (χ0v) is 32.7. The van der Waals surface area contributed by atoms with Gasteiger partial charge < -0.3 is 24.6 Å². The lowest BCUT2D eigenvalue weighted by Gasteiger charge is -2.28. The Kier molecular flexibility index (Phi) is 13.2. The first-order valence-corrected chi connectivity index (χ1v) is 19.5. The molecule has 14 heteroatoms. The molecule has 2 unspecified atom stereocenters. The number of aryl methyl sites for hydroxylation is 1. The molecule has 3 N–H and O–H groups in total. The lowest BCUT2D eigenvalue weighted by Crippen LogP contribution is -2.39. The molecule has 53 heavy (non-hydrogen) atoms. The highest BCUT2D eigenvalue weighted by Gasteiger charge is 2.34. The summed E-state index contributed by atoms with van der Waals surface area (Å²) >= 11 is 6.57. The molecule has 0 radical (unpaired) electrons. The highest BCUT2D eigenvalue weighted by atomic mass is 35.5. The summed E-state index contributed by atoms with van der Waals surface area (Å²) in [4.78, 5) is 47.5. The van der Waals surface area contributed by atoms with Crippen molar-refractivity contribution in [1.29, 1.82) is 0 Å². The molecule has 0 saturated heterocycles. The normalized spacial score (nSPS) is 16.8. The van der Waals surface area contributed by atoms with Crippen LogP contribution in [0.4, 0.5) is 5.69 Å². The molecule has 0 bridgehead atoms. The first-order chi connectivity index (χ1) is 25.6. The third kappa shape index (κ3) is 8.36. The molecule has 2 amide bonds. The molecular formula is C39H53ClN8O5. The molecule has 1 aromatic carbocycles. The van der Waals surface area contributed by atoms with Gasteiger partial charge in [-0.3, -0.25) is 19.5 Å². The topological polar surface area (TPSA) is 160 Å². The lowest BCUT2D eigenvalue weighted by molar-refractivity contribution is -0.116. The molecule has 1 aliphatic heterocycles. The number of amides is 2. The third-order valence-electron chi connectivity index (χ3n) is 10.1. The van der Waals surface area contributed by atoms with E-state index in [1.165, 1.54) is 10.1 Å². The van der Waals surface area contributed by atoms with Crippen molar-refractivity contribution in [2.24, 2.45) is 0 Å². The molecule has 1 saturated carbocycles. The zero-order chi connectivity index (χ0) is 38.4. The molecule has 13 nitrogen and oxygen atoms in total. The summed E-state index contributed by atoms with van der Waals surface area (Å²) in [5.41, 5.74) is 4.24. The predicted molar refractivity (Wildman–Crippen MR) is 207 cm³/mol. The van der Waals surface area contributed by atoms with Crippen molar-refractivity contribution in [3.63, 3.8) is 0 Å². The first-order valence-electron chi connectivity index (χ1n) is 19.1. The van der Waals surface area contributed by atoms with Gasteiger partial charge in [0.25, 0.3) is 11.5 Å². The molecule has 4 aromatic rings. The van der Waals surface area contributed by atoms with Gasteiger partial charge in [0.05, 0.1) is 23.9 Å². The average Bonchev–Trinajstić information content (AvgIpc) is 3.63. The van der Waals surface area contributed by atoms with E-state index >= 15 is 0 Å². The predicted octanol–water partition coefficient (Wildman–Crippen LogP) is 7.01. The molecule has 3 aliphatic rings. The van der Waals surface area contributed by atoms with Crippen LogP contribution in [-0.2, 0) is 22.5 Å². The summed E-state index contributed by atoms with van der Waals surface area (Å²) in [7, 11) is 0. The van der Waals surface area contributed by atoms with Gasteiger partial charge in [0.15, 0.2) is 17.3 Å². The van der Waals surface area contributed by atoms with Crippen molar-refractivity contribution in [2.75, 3.05) is 25.1 Å². The fraction of sp³-hybridized carbons (Fsp3) is 0.538. The molecule has 1 fully saturated rings. The number of H-pyrrole nitrogens is 1. The van der Waals surface area contributed by atoms with E-state index in [-0.39, 0.29) is 47.3 Å². The Bertz CT molecular complexity index is 2030. The van der Waals surface area contributed by atoms with Crippen LogP contribution < -0.4 is 10.9 Å². The minimum Gasteiger partial charge on any atom is -0.504 e. The number of ether oxygens (including phenoxy) is 1. The van der Waals surface area contributed by atoms with Gasteiger partial charge in [0, 0.05) is 23.8 Å². The van der Waals surface area contributed by atoms with Crippen molar-refractivity contribution in [1.82, 2.24) is 34.3 Å². The van der Waals surface area contributed by atoms with Gasteiger partial charge in [-0.25, -0.2) is 0 Å². The SMILES string of the molecule is CC.CC.CCN(C(=O)c1[nH]nc(C)c1O)C(C)CCC1CCc2c1c(=O)n1nc(C3=CCOCC3)nc1n2CC(=O)Nc1ccc(C2CC2)cc1Cl. The Morgan fingerprint density at radius 1 is 1.17 bits per heavy atom. The fourth-order valence-corrected chi connectivity index (χ4v) is 7.42. The van der Waals surface area contributed by atoms with E-state index in [0.717, 1.165) is 30.5 Å². The van der Waals surface area contributed by atoms with Gasteiger partial charge >= 0.3 is 0 Å². The molecule has 286 valence electrons. The number of halogens is 1. The van der Waals surface area contributed by atoms with Gasteiger partial charge in [0.2, 0.25) is 11.7 Å². The van der Waals surface area contributed by atoms with Crippen LogP contribution in [0.15, 0.2) is 29.1 Å². The Balaban J connectivity index is 0.00000131. The summed E-state index contributed by atoms with van der Waals surface area (Å²) in [5, 5.41) is 25.1. The summed E-state index contributed by atoms with van der Waals surface area (Å²) < 4.78 is 8.63. The van der Waals surface area contributed by atoms with Crippen LogP contribution in [0.1, 0.15) is 131 Å². The van der Waals surface area contributed by atoms with Crippen molar-refractivity contribution in [3.05, 3.63) is 73.7 Å². The molecule has 2 aliphatic carbocycles. The molecule has 3 aromatic heterocycles. The van der Waals surface area contributed by atoms with E-state index in [0.29, 0.717) is 84.9 Å². The number of hydrogen-bond acceptors (Lipinski definition) is 8. The van der Waals surface area contributed by atoms with Gasteiger partial charge in [-0.1, -0.05) is 51.4 Å². The maximum Gasteiger partial charge on any atom is 0.279 e. The Morgan fingerprint density at radius 3 is 2.55 bits per heavy atom. The maximum absolute atomic E-state index is 14.1. The van der Waals surface area contributed by atoms with Gasteiger partial charge in [-0.05, 0) is 101 Å². The van der Waals surface area contributed by atoms with E-state index in [1.54, 1.807) is 11.8 Å². The summed E-state index contributed by atoms with van der Waals surface area (Å²) in [6.07, 6.45) is 7.46. The van der Waals surface area contributed by atoms with E-state index in [4.69, 9.17) is 21.3 Å². The third-order valence-corrected chi connectivity index (χ3v) is 10.4. The van der Waals surface area contributed by atoms with Crippen LogP contribution in [0.25, 0.3) is 11.4 Å². The van der Waals surface area contributed by atoms with E-state index in [2.05, 4.69) is 20.6 Å². The second-order valence-electron chi connectivity index (χ2n) is 13.3. The van der Waals surface area contributed by atoms with Crippen molar-refractivity contribution >= 4 is 40.5 Å². The number of nitrogens with zero attached hydrogens (tertiary/aromatic N) is 6. The quantitative estimate of drug-likeness (QED) is 0.148. The molecule has 4 heterocycles. The number of aromatic amines is 1. The van der Waals surface area contributed by atoms with Gasteiger partial charge in [-0.15, -0.1) is 5.10 Å². The molecule has 7 rings (SSSR count). The number of fused-ring (bicyclic) bond motifs is 2. The monoisotopic (exact) mass is 748 g/mol. The van der Waals surface area contributed by atoms with E-state index < -0.39 is 0 Å². The number of hydrogen-bond donors (Lipinski definition) is 3. The smallest absolute Gasteiger partial charge is 0.279 e. The van der Waals surface area contributed by atoms with Crippen LogP contribution in [0, 0.1) is 6.92 Å². The minimum atomic E-state index is -0.324. The standard InChI is InChI=1S/C35H41ClN8O5.2C2H6/c1-4-42(34(48)30-31(46)20(3)39-40-30)19(2)5-6-22-10-12-27-29(22)33(47)44-35(38-32(41-44)23-13-15-49-16-14-23)43(27)18-28(45)37-26-11-9-24(17-25(26)36)21-7-8-21;2*1-2/h9,11,13,17,19,21-22,46H,4-8,10,12,14-16,18H2,1-3H3,(H,37,45)(H,39,40);2*1-2H3. The van der Waals surface area contributed by atoms with Crippen LogP contribution in [-0.4, -0.2) is 77.0 Å². The number of rotatable bonds is 11. The second kappa shape index (κ2) is 17.6.